The SMILES string of the molecule is COc1cc2c(cc1CCCN)OCCC2. The summed E-state index contributed by atoms with van der Waals surface area (Å²) in [4.78, 5) is 0. The predicted octanol–water partition coefficient (Wildman–Crippen LogP) is 1.91. The molecule has 2 rings (SSSR count). The molecule has 0 aliphatic carbocycles. The number of nitrogens with two attached hydrogens (primary N) is 1. The van der Waals surface area contributed by atoms with Gasteiger partial charge in [-0.25, -0.2) is 0 Å². The van der Waals surface area contributed by atoms with Gasteiger partial charge in [0.1, 0.15) is 11.5 Å². The predicted molar refractivity (Wildman–Crippen MR) is 64.2 cm³/mol. The third-order valence-electron chi connectivity index (χ3n) is 2.96. The minimum absolute atomic E-state index is 0.709. The highest BCUT2D eigenvalue weighted by Crippen LogP contribution is 2.32. The number of methoxy groups -OCH3 is 1. The summed E-state index contributed by atoms with van der Waals surface area (Å²) in [6, 6.07) is 4.23. The van der Waals surface area contributed by atoms with Crippen LogP contribution >= 0.6 is 0 Å². The second-order valence-electron chi connectivity index (χ2n) is 4.12. The molecule has 1 aromatic carbocycles. The van der Waals surface area contributed by atoms with Gasteiger partial charge in [0.25, 0.3) is 0 Å². The van der Waals surface area contributed by atoms with Crippen molar-refractivity contribution in [2.45, 2.75) is 25.7 Å². The summed E-state index contributed by atoms with van der Waals surface area (Å²) in [5, 5.41) is 0. The van der Waals surface area contributed by atoms with Crippen molar-refractivity contribution in [3.63, 3.8) is 0 Å². The normalized spacial score (nSPS) is 14.1. The molecule has 3 nitrogen and oxygen atoms in total. The molecular weight excluding hydrogens is 202 g/mol. The summed E-state index contributed by atoms with van der Waals surface area (Å²) in [5.41, 5.74) is 8.00. The lowest BCUT2D eigenvalue weighted by Crippen LogP contribution is -2.10. The lowest BCUT2D eigenvalue weighted by molar-refractivity contribution is 0.286. The Morgan fingerprint density at radius 2 is 2.31 bits per heavy atom. The van der Waals surface area contributed by atoms with E-state index >= 15 is 0 Å². The standard InChI is InChI=1S/C13H19NO2/c1-15-12-8-11-5-3-7-16-13(11)9-10(12)4-2-6-14/h8-9H,2-7,14H2,1H3. The van der Waals surface area contributed by atoms with Gasteiger partial charge >= 0.3 is 0 Å². The number of hydrogen-bond donors (Lipinski definition) is 1. The van der Waals surface area contributed by atoms with Crippen LogP contribution in [0.2, 0.25) is 0 Å². The van der Waals surface area contributed by atoms with Crippen LogP contribution in [0.25, 0.3) is 0 Å². The maximum Gasteiger partial charge on any atom is 0.123 e. The summed E-state index contributed by atoms with van der Waals surface area (Å²) < 4.78 is 11.1. The third kappa shape index (κ3) is 2.30. The number of benzene rings is 1. The largest absolute Gasteiger partial charge is 0.496 e. The van der Waals surface area contributed by atoms with Crippen molar-refractivity contribution in [1.29, 1.82) is 0 Å². The molecule has 1 aliphatic rings. The second-order valence-corrected chi connectivity index (χ2v) is 4.12. The summed E-state index contributed by atoms with van der Waals surface area (Å²) in [5.74, 6) is 2.00. The molecule has 0 unspecified atom stereocenters. The average molecular weight is 221 g/mol. The van der Waals surface area contributed by atoms with Crippen LogP contribution in [0.3, 0.4) is 0 Å². The van der Waals surface area contributed by atoms with Gasteiger partial charge in [0.15, 0.2) is 0 Å². The molecule has 0 atom stereocenters. The van der Waals surface area contributed by atoms with Crippen LogP contribution in [-0.2, 0) is 12.8 Å². The van der Waals surface area contributed by atoms with E-state index in [1.54, 1.807) is 7.11 Å². The van der Waals surface area contributed by atoms with Crippen molar-refractivity contribution in [2.75, 3.05) is 20.3 Å². The Hall–Kier alpha value is -1.22. The Morgan fingerprint density at radius 1 is 1.44 bits per heavy atom. The van der Waals surface area contributed by atoms with Crippen LogP contribution < -0.4 is 15.2 Å². The smallest absolute Gasteiger partial charge is 0.123 e. The average Bonchev–Trinajstić information content (AvgIpc) is 2.35. The van der Waals surface area contributed by atoms with E-state index in [0.717, 1.165) is 43.8 Å². The van der Waals surface area contributed by atoms with Gasteiger partial charge in [0.05, 0.1) is 13.7 Å². The van der Waals surface area contributed by atoms with Gasteiger partial charge in [0, 0.05) is 0 Å². The van der Waals surface area contributed by atoms with E-state index in [1.807, 2.05) is 0 Å². The maximum absolute atomic E-state index is 5.66. The topological polar surface area (TPSA) is 44.5 Å². The highest BCUT2D eigenvalue weighted by Gasteiger charge is 2.14. The van der Waals surface area contributed by atoms with Crippen LogP contribution in [0.4, 0.5) is 0 Å². The summed E-state index contributed by atoms with van der Waals surface area (Å²) in [6.45, 7) is 1.54. The van der Waals surface area contributed by atoms with Gasteiger partial charge in [-0.05, 0) is 55.5 Å². The third-order valence-corrected chi connectivity index (χ3v) is 2.96. The molecule has 0 saturated carbocycles. The lowest BCUT2D eigenvalue weighted by atomic mass is 10.0. The molecular formula is C13H19NO2. The highest BCUT2D eigenvalue weighted by atomic mass is 16.5. The van der Waals surface area contributed by atoms with Gasteiger partial charge < -0.3 is 15.2 Å². The monoisotopic (exact) mass is 221 g/mol. The van der Waals surface area contributed by atoms with Crippen molar-refractivity contribution in [1.82, 2.24) is 0 Å². The molecule has 0 bridgehead atoms. The highest BCUT2D eigenvalue weighted by molar-refractivity contribution is 5.47. The van der Waals surface area contributed by atoms with E-state index in [1.165, 1.54) is 11.1 Å². The van der Waals surface area contributed by atoms with Crippen LogP contribution in [0.15, 0.2) is 12.1 Å². The van der Waals surface area contributed by atoms with E-state index in [2.05, 4.69) is 12.1 Å². The first kappa shape index (κ1) is 11.3. The fourth-order valence-electron chi connectivity index (χ4n) is 2.10. The number of ether oxygens (including phenoxy) is 2. The lowest BCUT2D eigenvalue weighted by Gasteiger charge is -2.20. The number of rotatable bonds is 4. The van der Waals surface area contributed by atoms with Crippen LogP contribution in [0.1, 0.15) is 24.0 Å². The Labute approximate surface area is 96.5 Å². The Bertz CT molecular complexity index is 363. The minimum atomic E-state index is 0.709. The first-order valence-corrected chi connectivity index (χ1v) is 5.88. The number of fused-ring (bicyclic) bond motifs is 1. The molecule has 0 aromatic heterocycles. The quantitative estimate of drug-likeness (QED) is 0.844. The minimum Gasteiger partial charge on any atom is -0.496 e. The van der Waals surface area contributed by atoms with Crippen LogP contribution in [0.5, 0.6) is 11.5 Å². The summed E-state index contributed by atoms with van der Waals surface area (Å²) in [7, 11) is 1.72. The fraction of sp³-hybridized carbons (Fsp3) is 0.538. The van der Waals surface area contributed by atoms with Gasteiger partial charge in [-0.2, -0.15) is 0 Å². The molecule has 0 spiro atoms. The second kappa shape index (κ2) is 5.21. The van der Waals surface area contributed by atoms with Crippen molar-refractivity contribution in [3.05, 3.63) is 23.3 Å². The molecule has 3 heteroatoms. The van der Waals surface area contributed by atoms with E-state index in [0.29, 0.717) is 6.54 Å². The molecule has 1 heterocycles. The van der Waals surface area contributed by atoms with Gasteiger partial charge in [-0.15, -0.1) is 0 Å². The zero-order valence-electron chi connectivity index (χ0n) is 9.79. The molecule has 1 aromatic rings. The summed E-state index contributed by atoms with van der Waals surface area (Å²) in [6.07, 6.45) is 4.12. The van der Waals surface area contributed by atoms with E-state index < -0.39 is 0 Å². The Morgan fingerprint density at radius 3 is 3.06 bits per heavy atom. The first-order chi connectivity index (χ1) is 7.85. The van der Waals surface area contributed by atoms with Crippen molar-refractivity contribution in [2.24, 2.45) is 5.73 Å². The zero-order valence-corrected chi connectivity index (χ0v) is 9.79. The molecule has 0 amide bonds. The summed E-state index contributed by atoms with van der Waals surface area (Å²) >= 11 is 0. The first-order valence-electron chi connectivity index (χ1n) is 5.88. The zero-order chi connectivity index (χ0) is 11.4. The van der Waals surface area contributed by atoms with Crippen molar-refractivity contribution in [3.8, 4) is 11.5 Å². The Balaban J connectivity index is 2.28. The van der Waals surface area contributed by atoms with E-state index in [-0.39, 0.29) is 0 Å². The molecule has 2 N–H and O–H groups in total. The fourth-order valence-corrected chi connectivity index (χ4v) is 2.10. The van der Waals surface area contributed by atoms with Crippen LogP contribution in [-0.4, -0.2) is 20.3 Å². The Kier molecular flexibility index (Phi) is 3.67. The van der Waals surface area contributed by atoms with E-state index in [4.69, 9.17) is 15.2 Å². The molecule has 0 radical (unpaired) electrons. The van der Waals surface area contributed by atoms with Crippen molar-refractivity contribution < 1.29 is 9.47 Å². The molecule has 16 heavy (non-hydrogen) atoms. The molecule has 0 saturated heterocycles. The number of aryl methyl sites for hydroxylation is 2. The molecule has 0 fully saturated rings. The van der Waals surface area contributed by atoms with Gasteiger partial charge in [-0.3, -0.25) is 0 Å². The van der Waals surface area contributed by atoms with Gasteiger partial charge in [-0.1, -0.05) is 0 Å². The number of hydrogen-bond acceptors (Lipinski definition) is 3. The van der Waals surface area contributed by atoms with E-state index in [9.17, 15) is 0 Å². The van der Waals surface area contributed by atoms with Gasteiger partial charge in [0.2, 0.25) is 0 Å². The molecule has 88 valence electrons. The maximum atomic E-state index is 5.66. The van der Waals surface area contributed by atoms with Crippen LogP contribution in [0, 0.1) is 0 Å². The van der Waals surface area contributed by atoms with Crippen molar-refractivity contribution >= 4 is 0 Å². The molecule has 1 aliphatic heterocycles.